The summed E-state index contributed by atoms with van der Waals surface area (Å²) in [5.74, 6) is -0.611. The number of aliphatic hydroxyl groups is 1. The number of aliphatic hydroxyl groups excluding tert-OH is 1. The van der Waals surface area contributed by atoms with Gasteiger partial charge in [-0.25, -0.2) is 9.37 Å². The van der Waals surface area contributed by atoms with Crippen LogP contribution in [-0.2, 0) is 24.4 Å². The fraction of sp³-hybridized carbons (Fsp3) is 0.273. The Hall–Kier alpha value is -2.26. The predicted molar refractivity (Wildman–Crippen MR) is 118 cm³/mol. The van der Waals surface area contributed by atoms with Gasteiger partial charge in [0.25, 0.3) is 5.91 Å². The summed E-state index contributed by atoms with van der Waals surface area (Å²) in [6.45, 7) is 0.776. The van der Waals surface area contributed by atoms with Crippen LogP contribution in [0.3, 0.4) is 0 Å². The van der Waals surface area contributed by atoms with Crippen molar-refractivity contribution in [3.05, 3.63) is 75.0 Å². The summed E-state index contributed by atoms with van der Waals surface area (Å²) in [4.78, 5) is 19.2. The van der Waals surface area contributed by atoms with E-state index in [1.165, 1.54) is 18.2 Å². The summed E-state index contributed by atoms with van der Waals surface area (Å²) in [5.41, 5.74) is 3.23. The van der Waals surface area contributed by atoms with Crippen molar-refractivity contribution >= 4 is 33.4 Å². The molecule has 1 aliphatic rings. The molecule has 1 atom stereocenters. The van der Waals surface area contributed by atoms with Gasteiger partial charge in [0.15, 0.2) is 0 Å². The number of benzene rings is 1. The Morgan fingerprint density at radius 1 is 1.32 bits per heavy atom. The monoisotopic (exact) mass is 507 g/mol. The number of hydrogen-bond donors (Lipinski definition) is 1. The molecule has 162 valence electrons. The van der Waals surface area contributed by atoms with E-state index in [9.17, 15) is 14.3 Å². The summed E-state index contributed by atoms with van der Waals surface area (Å²) >= 11 is 9.68. The maximum atomic E-state index is 13.8. The Labute approximate surface area is 192 Å². The summed E-state index contributed by atoms with van der Waals surface area (Å²) in [6, 6.07) is 7.54. The van der Waals surface area contributed by atoms with Gasteiger partial charge in [0.05, 0.1) is 24.3 Å². The minimum atomic E-state index is -0.413. The van der Waals surface area contributed by atoms with E-state index in [4.69, 9.17) is 16.3 Å². The molecule has 3 heterocycles. The van der Waals surface area contributed by atoms with Crippen molar-refractivity contribution in [2.45, 2.75) is 25.7 Å². The smallest absolute Gasteiger partial charge is 0.271 e. The maximum Gasteiger partial charge on any atom is 0.271 e. The van der Waals surface area contributed by atoms with E-state index in [1.54, 1.807) is 30.3 Å². The Balaban J connectivity index is 1.72. The SMILES string of the molecule is COC[C@H]1Cn2cc(-c3cc(Br)ncc3Cl)cc2C(=O)N1Cc1cc(F)ccc1CO. The van der Waals surface area contributed by atoms with Crippen molar-refractivity contribution in [2.24, 2.45) is 0 Å². The third-order valence-corrected chi connectivity index (χ3v) is 6.13. The first-order chi connectivity index (χ1) is 14.9. The normalized spacial score (nSPS) is 16.0. The third-order valence-electron chi connectivity index (χ3n) is 5.40. The molecule has 0 fully saturated rings. The van der Waals surface area contributed by atoms with Crippen LogP contribution < -0.4 is 0 Å². The third kappa shape index (κ3) is 4.39. The van der Waals surface area contributed by atoms with Crippen molar-refractivity contribution in [2.75, 3.05) is 13.7 Å². The zero-order valence-electron chi connectivity index (χ0n) is 16.7. The molecule has 6 nitrogen and oxygen atoms in total. The van der Waals surface area contributed by atoms with Gasteiger partial charge < -0.3 is 19.3 Å². The van der Waals surface area contributed by atoms with E-state index in [0.717, 1.165) is 11.1 Å². The number of fused-ring (bicyclic) bond motifs is 1. The Bertz CT molecular complexity index is 1140. The first-order valence-corrected chi connectivity index (χ1v) is 10.8. The second kappa shape index (κ2) is 9.08. The number of ether oxygens (including phenoxy) is 1. The number of aromatic nitrogens is 2. The fourth-order valence-corrected chi connectivity index (χ4v) is 4.42. The molecule has 0 radical (unpaired) electrons. The molecule has 2 aromatic heterocycles. The Morgan fingerprint density at radius 2 is 2.13 bits per heavy atom. The van der Waals surface area contributed by atoms with E-state index in [-0.39, 0.29) is 25.1 Å². The van der Waals surface area contributed by atoms with Crippen molar-refractivity contribution < 1.29 is 19.0 Å². The second-order valence-corrected chi connectivity index (χ2v) is 8.59. The van der Waals surface area contributed by atoms with Crippen LogP contribution in [0.1, 0.15) is 21.6 Å². The zero-order chi connectivity index (χ0) is 22.1. The quantitative estimate of drug-likeness (QED) is 0.505. The van der Waals surface area contributed by atoms with Gasteiger partial charge in [-0.15, -0.1) is 0 Å². The maximum absolute atomic E-state index is 13.8. The number of rotatable bonds is 6. The van der Waals surface area contributed by atoms with Crippen LogP contribution in [-0.4, -0.2) is 45.2 Å². The molecule has 9 heteroatoms. The molecule has 0 saturated heterocycles. The van der Waals surface area contributed by atoms with Gasteiger partial charge in [0, 0.05) is 43.7 Å². The summed E-state index contributed by atoms with van der Waals surface area (Å²) < 4.78 is 21.7. The van der Waals surface area contributed by atoms with E-state index < -0.39 is 5.82 Å². The van der Waals surface area contributed by atoms with Crippen LogP contribution in [0, 0.1) is 5.82 Å². The van der Waals surface area contributed by atoms with Gasteiger partial charge in [-0.1, -0.05) is 17.7 Å². The lowest BCUT2D eigenvalue weighted by Gasteiger charge is -2.36. The highest BCUT2D eigenvalue weighted by Gasteiger charge is 2.33. The van der Waals surface area contributed by atoms with Gasteiger partial charge >= 0.3 is 0 Å². The van der Waals surface area contributed by atoms with Crippen LogP contribution in [0.5, 0.6) is 0 Å². The average molecular weight is 509 g/mol. The second-order valence-electron chi connectivity index (χ2n) is 7.37. The van der Waals surface area contributed by atoms with Crippen molar-refractivity contribution in [1.29, 1.82) is 0 Å². The number of nitrogens with zero attached hydrogens (tertiary/aromatic N) is 3. The molecular formula is C22H20BrClFN3O3. The number of pyridine rings is 1. The van der Waals surface area contributed by atoms with E-state index in [2.05, 4.69) is 20.9 Å². The molecule has 0 unspecified atom stereocenters. The van der Waals surface area contributed by atoms with E-state index in [0.29, 0.717) is 39.6 Å². The van der Waals surface area contributed by atoms with Crippen LogP contribution in [0.25, 0.3) is 11.1 Å². The molecular weight excluding hydrogens is 489 g/mol. The number of halogens is 3. The highest BCUT2D eigenvalue weighted by molar-refractivity contribution is 9.10. The molecule has 1 N–H and O–H groups in total. The summed E-state index contributed by atoms with van der Waals surface area (Å²) in [6.07, 6.45) is 3.45. The molecule has 0 saturated carbocycles. The molecule has 0 spiro atoms. The van der Waals surface area contributed by atoms with Gasteiger partial charge in [-0.2, -0.15) is 0 Å². The largest absolute Gasteiger partial charge is 0.392 e. The summed E-state index contributed by atoms with van der Waals surface area (Å²) in [7, 11) is 1.58. The van der Waals surface area contributed by atoms with Gasteiger partial charge in [0.1, 0.15) is 16.1 Å². The van der Waals surface area contributed by atoms with Crippen LogP contribution in [0.4, 0.5) is 4.39 Å². The van der Waals surface area contributed by atoms with Crippen LogP contribution in [0.15, 0.2) is 47.3 Å². The van der Waals surface area contributed by atoms with E-state index >= 15 is 0 Å². The molecule has 3 aromatic rings. The number of amides is 1. The van der Waals surface area contributed by atoms with Crippen molar-refractivity contribution in [3.8, 4) is 11.1 Å². The Kier molecular flexibility index (Phi) is 6.43. The first-order valence-electron chi connectivity index (χ1n) is 9.61. The van der Waals surface area contributed by atoms with Gasteiger partial charge in [-0.05, 0) is 51.3 Å². The molecule has 31 heavy (non-hydrogen) atoms. The van der Waals surface area contributed by atoms with E-state index in [1.807, 2.05) is 10.8 Å². The van der Waals surface area contributed by atoms with Gasteiger partial charge in [-0.3, -0.25) is 4.79 Å². The molecule has 1 aromatic carbocycles. The average Bonchev–Trinajstić information content (AvgIpc) is 3.17. The van der Waals surface area contributed by atoms with Gasteiger partial charge in [0.2, 0.25) is 0 Å². The fourth-order valence-electron chi connectivity index (χ4n) is 3.88. The summed E-state index contributed by atoms with van der Waals surface area (Å²) in [5, 5.41) is 10.1. The van der Waals surface area contributed by atoms with Crippen LogP contribution >= 0.6 is 27.5 Å². The highest BCUT2D eigenvalue weighted by Crippen LogP contribution is 2.33. The highest BCUT2D eigenvalue weighted by atomic mass is 79.9. The molecule has 0 aliphatic carbocycles. The lowest BCUT2D eigenvalue weighted by atomic mass is 10.0. The number of hydrogen-bond acceptors (Lipinski definition) is 4. The minimum Gasteiger partial charge on any atom is -0.392 e. The lowest BCUT2D eigenvalue weighted by Crippen LogP contribution is -2.49. The van der Waals surface area contributed by atoms with Crippen LogP contribution in [0.2, 0.25) is 5.02 Å². The first kappa shape index (κ1) is 22.0. The molecule has 1 aliphatic heterocycles. The number of methoxy groups -OCH3 is 1. The Morgan fingerprint density at radius 3 is 2.87 bits per heavy atom. The van der Waals surface area contributed by atoms with Crippen molar-refractivity contribution in [1.82, 2.24) is 14.5 Å². The molecule has 0 bridgehead atoms. The topological polar surface area (TPSA) is 67.6 Å². The number of carbonyl (C=O) groups is 1. The zero-order valence-corrected chi connectivity index (χ0v) is 19.0. The molecule has 4 rings (SSSR count). The minimum absolute atomic E-state index is 0.169. The number of carbonyl (C=O) groups excluding carboxylic acids is 1. The predicted octanol–water partition coefficient (Wildman–Crippen LogP) is 4.27. The molecule has 1 amide bonds. The lowest BCUT2D eigenvalue weighted by molar-refractivity contribution is 0.0386. The standard InChI is InChI=1S/C22H20BrClFN3O3/c1-31-12-17-10-27-8-15(18-6-21(23)26-7-19(18)24)5-20(27)22(30)28(17)9-14-4-16(25)3-2-13(14)11-29/h2-8,17,29H,9-12H2,1H3/t17-/m1/s1. The van der Waals surface area contributed by atoms with Crippen molar-refractivity contribution in [3.63, 3.8) is 0 Å².